The number of hydrogen-bond donors (Lipinski definition) is 1. The summed E-state index contributed by atoms with van der Waals surface area (Å²) in [5.74, 6) is -0.911. The third kappa shape index (κ3) is 8.23. The highest BCUT2D eigenvalue weighted by Gasteiger charge is 2.32. The largest absolute Gasteiger partial charge is 0.397 e. The molecule has 0 fully saturated rings. The van der Waals surface area contributed by atoms with Crippen molar-refractivity contribution in [2.75, 3.05) is 20.2 Å². The van der Waals surface area contributed by atoms with Gasteiger partial charge in [0.05, 0.1) is 0 Å². The Balaban J connectivity index is 3.70. The number of hydrogen-bond acceptors (Lipinski definition) is 2. The molecule has 15 heavy (non-hydrogen) atoms. The maximum Gasteiger partial charge on any atom is 0.397 e. The fourth-order valence-electron chi connectivity index (χ4n) is 1.07. The van der Waals surface area contributed by atoms with Gasteiger partial charge in [-0.1, -0.05) is 0 Å². The highest BCUT2D eigenvalue weighted by atomic mass is 19.4. The SMILES string of the molecule is CN(CCCCCO)C(=O)CC(F)(F)F. The van der Waals surface area contributed by atoms with Gasteiger partial charge in [0.25, 0.3) is 0 Å². The van der Waals surface area contributed by atoms with Crippen molar-refractivity contribution in [3.8, 4) is 0 Å². The molecule has 0 aromatic heterocycles. The maximum absolute atomic E-state index is 11.8. The first-order valence-corrected chi connectivity index (χ1v) is 4.78. The number of alkyl halides is 3. The van der Waals surface area contributed by atoms with Gasteiger partial charge in [0.2, 0.25) is 5.91 Å². The molecule has 0 rings (SSSR count). The first-order valence-electron chi connectivity index (χ1n) is 4.78. The normalized spacial score (nSPS) is 11.5. The van der Waals surface area contributed by atoms with Crippen molar-refractivity contribution in [2.24, 2.45) is 0 Å². The summed E-state index contributed by atoms with van der Waals surface area (Å²) in [5.41, 5.74) is 0. The predicted octanol–water partition coefficient (Wildman–Crippen LogP) is 1.56. The minimum absolute atomic E-state index is 0.0697. The standard InChI is InChI=1S/C9H16F3NO2/c1-13(5-3-2-4-6-14)8(15)7-9(10,11)12/h14H,2-7H2,1H3. The van der Waals surface area contributed by atoms with Crippen LogP contribution in [0.2, 0.25) is 0 Å². The molecule has 0 aliphatic rings. The van der Waals surface area contributed by atoms with Gasteiger partial charge in [-0.15, -0.1) is 0 Å². The van der Waals surface area contributed by atoms with E-state index in [0.29, 0.717) is 25.8 Å². The van der Waals surface area contributed by atoms with Gasteiger partial charge < -0.3 is 10.0 Å². The van der Waals surface area contributed by atoms with E-state index in [1.807, 2.05) is 0 Å². The van der Waals surface area contributed by atoms with Crippen molar-refractivity contribution in [3.63, 3.8) is 0 Å². The maximum atomic E-state index is 11.8. The molecule has 0 radical (unpaired) electrons. The molecule has 0 saturated heterocycles. The number of nitrogens with zero attached hydrogens (tertiary/aromatic N) is 1. The van der Waals surface area contributed by atoms with Crippen LogP contribution in [0.5, 0.6) is 0 Å². The molecule has 6 heteroatoms. The lowest BCUT2D eigenvalue weighted by Crippen LogP contribution is -2.31. The van der Waals surface area contributed by atoms with Crippen molar-refractivity contribution in [2.45, 2.75) is 31.9 Å². The Morgan fingerprint density at radius 2 is 1.87 bits per heavy atom. The molecule has 90 valence electrons. The van der Waals surface area contributed by atoms with E-state index in [2.05, 4.69) is 0 Å². The van der Waals surface area contributed by atoms with Crippen LogP contribution in [0.3, 0.4) is 0 Å². The van der Waals surface area contributed by atoms with Crippen LogP contribution in [0.25, 0.3) is 0 Å². The van der Waals surface area contributed by atoms with Gasteiger partial charge in [-0.3, -0.25) is 4.79 Å². The van der Waals surface area contributed by atoms with Crippen molar-refractivity contribution in [3.05, 3.63) is 0 Å². The number of halogens is 3. The third-order valence-corrected chi connectivity index (χ3v) is 1.93. The molecule has 3 nitrogen and oxygen atoms in total. The Morgan fingerprint density at radius 1 is 1.27 bits per heavy atom. The molecule has 0 aromatic rings. The van der Waals surface area contributed by atoms with Gasteiger partial charge in [-0.25, -0.2) is 0 Å². The summed E-state index contributed by atoms with van der Waals surface area (Å²) in [5, 5.41) is 8.46. The quantitative estimate of drug-likeness (QED) is 0.699. The van der Waals surface area contributed by atoms with Crippen LogP contribution >= 0.6 is 0 Å². The summed E-state index contributed by atoms with van der Waals surface area (Å²) in [6.07, 6.45) is -3.90. The average Bonchev–Trinajstić information content (AvgIpc) is 2.09. The molecule has 0 heterocycles. The third-order valence-electron chi connectivity index (χ3n) is 1.93. The number of rotatable bonds is 6. The second-order valence-corrected chi connectivity index (χ2v) is 3.39. The lowest BCUT2D eigenvalue weighted by atomic mass is 10.2. The van der Waals surface area contributed by atoms with Crippen LogP contribution in [-0.2, 0) is 4.79 Å². The lowest BCUT2D eigenvalue weighted by Gasteiger charge is -2.17. The Labute approximate surface area is 86.9 Å². The van der Waals surface area contributed by atoms with Crippen molar-refractivity contribution < 1.29 is 23.1 Å². The zero-order valence-electron chi connectivity index (χ0n) is 8.68. The first-order chi connectivity index (χ1) is 6.87. The molecule has 1 amide bonds. The number of carbonyl (C=O) groups is 1. The van der Waals surface area contributed by atoms with Gasteiger partial charge in [-0.05, 0) is 19.3 Å². The molecule has 1 N–H and O–H groups in total. The van der Waals surface area contributed by atoms with Gasteiger partial charge in [0.15, 0.2) is 0 Å². The van der Waals surface area contributed by atoms with Gasteiger partial charge in [-0.2, -0.15) is 13.2 Å². The van der Waals surface area contributed by atoms with Gasteiger partial charge in [0, 0.05) is 20.2 Å². The molecule has 0 spiro atoms. The monoisotopic (exact) mass is 227 g/mol. The number of aliphatic hydroxyl groups excluding tert-OH is 1. The molecule has 0 aliphatic carbocycles. The Hall–Kier alpha value is -0.780. The van der Waals surface area contributed by atoms with Gasteiger partial charge >= 0.3 is 6.18 Å². The number of amides is 1. The summed E-state index contributed by atoms with van der Waals surface area (Å²) < 4.78 is 35.5. The van der Waals surface area contributed by atoms with Crippen LogP contribution in [0.1, 0.15) is 25.7 Å². The fourth-order valence-corrected chi connectivity index (χ4v) is 1.07. The van der Waals surface area contributed by atoms with Crippen LogP contribution in [0.15, 0.2) is 0 Å². The van der Waals surface area contributed by atoms with E-state index in [1.165, 1.54) is 7.05 Å². The average molecular weight is 227 g/mol. The Morgan fingerprint density at radius 3 is 2.33 bits per heavy atom. The Kier molecular flexibility index (Phi) is 6.31. The number of unbranched alkanes of at least 4 members (excludes halogenated alkanes) is 2. The van der Waals surface area contributed by atoms with E-state index in [0.717, 1.165) is 4.90 Å². The zero-order chi connectivity index (χ0) is 11.9. The Bertz CT molecular complexity index is 194. The molecular weight excluding hydrogens is 211 g/mol. The molecule has 0 saturated carbocycles. The van der Waals surface area contributed by atoms with E-state index in [4.69, 9.17) is 5.11 Å². The van der Waals surface area contributed by atoms with E-state index >= 15 is 0 Å². The summed E-state index contributed by atoms with van der Waals surface area (Å²) in [6.45, 7) is 0.370. The molecule has 0 bridgehead atoms. The van der Waals surface area contributed by atoms with E-state index in [9.17, 15) is 18.0 Å². The molecule has 0 atom stereocenters. The van der Waals surface area contributed by atoms with E-state index in [-0.39, 0.29) is 6.61 Å². The van der Waals surface area contributed by atoms with E-state index < -0.39 is 18.5 Å². The molecule has 0 aromatic carbocycles. The number of carbonyl (C=O) groups excluding carboxylic acids is 1. The predicted molar refractivity (Wildman–Crippen MR) is 49.2 cm³/mol. The van der Waals surface area contributed by atoms with Crippen LogP contribution < -0.4 is 0 Å². The van der Waals surface area contributed by atoms with Crippen molar-refractivity contribution in [1.29, 1.82) is 0 Å². The number of aliphatic hydroxyl groups is 1. The first kappa shape index (κ1) is 14.2. The second kappa shape index (κ2) is 6.66. The second-order valence-electron chi connectivity index (χ2n) is 3.39. The molecule has 0 unspecified atom stereocenters. The van der Waals surface area contributed by atoms with Gasteiger partial charge in [0.1, 0.15) is 6.42 Å². The van der Waals surface area contributed by atoms with Crippen LogP contribution in [-0.4, -0.2) is 42.3 Å². The summed E-state index contributed by atoms with van der Waals surface area (Å²) >= 11 is 0. The molecule has 0 aliphatic heterocycles. The molecular formula is C9H16F3NO2. The zero-order valence-corrected chi connectivity index (χ0v) is 8.68. The van der Waals surface area contributed by atoms with Crippen LogP contribution in [0.4, 0.5) is 13.2 Å². The van der Waals surface area contributed by atoms with E-state index in [1.54, 1.807) is 0 Å². The summed E-state index contributed by atoms with van der Waals surface area (Å²) in [7, 11) is 1.35. The minimum Gasteiger partial charge on any atom is -0.396 e. The smallest absolute Gasteiger partial charge is 0.396 e. The minimum atomic E-state index is -4.43. The van der Waals surface area contributed by atoms with Crippen LogP contribution in [0, 0.1) is 0 Å². The highest BCUT2D eigenvalue weighted by Crippen LogP contribution is 2.20. The fraction of sp³-hybridized carbons (Fsp3) is 0.889. The summed E-state index contributed by atoms with van der Waals surface area (Å²) in [6, 6.07) is 0. The highest BCUT2D eigenvalue weighted by molar-refractivity contribution is 5.76. The topological polar surface area (TPSA) is 40.5 Å². The van der Waals surface area contributed by atoms with Crippen molar-refractivity contribution in [1.82, 2.24) is 4.90 Å². The van der Waals surface area contributed by atoms with Crippen molar-refractivity contribution >= 4 is 5.91 Å². The summed E-state index contributed by atoms with van der Waals surface area (Å²) in [4.78, 5) is 12.1. The lowest BCUT2D eigenvalue weighted by molar-refractivity contribution is -0.160.